The number of alkyl carbamates (subject to hydrolysis) is 1. The SMILES string of the molecule is C=C[C@@H]1C[C@]1(NC(=O)[C@@H]1C[C@@H](Oc2nccc3c(C(F)(F)F)cccc23)CN1C(=O)[C@@H](NC(=O)OC(C)(C)C)C(C)C(C)C)C(=O)NS(=O)(=O)C1(CC)CC1. The Labute approximate surface area is 319 Å². The second kappa shape index (κ2) is 14.9. The first kappa shape index (κ1) is 41.7. The lowest BCUT2D eigenvalue weighted by molar-refractivity contribution is -0.142. The highest BCUT2D eigenvalue weighted by Crippen LogP contribution is 2.48. The van der Waals surface area contributed by atoms with Gasteiger partial charge < -0.3 is 25.0 Å². The smallest absolute Gasteiger partial charge is 0.417 e. The summed E-state index contributed by atoms with van der Waals surface area (Å²) in [7, 11) is -4.08. The summed E-state index contributed by atoms with van der Waals surface area (Å²) >= 11 is 0. The van der Waals surface area contributed by atoms with E-state index in [-0.39, 0.29) is 42.0 Å². The molecule has 2 heterocycles. The molecule has 1 aromatic carbocycles. The fourth-order valence-corrected chi connectivity index (χ4v) is 8.74. The van der Waals surface area contributed by atoms with Gasteiger partial charge in [-0.3, -0.25) is 19.1 Å². The van der Waals surface area contributed by atoms with Gasteiger partial charge in [0.05, 0.1) is 16.9 Å². The van der Waals surface area contributed by atoms with E-state index in [1.54, 1.807) is 34.6 Å². The van der Waals surface area contributed by atoms with Gasteiger partial charge in [-0.2, -0.15) is 13.2 Å². The van der Waals surface area contributed by atoms with E-state index in [4.69, 9.17) is 9.47 Å². The average molecular weight is 794 g/mol. The summed E-state index contributed by atoms with van der Waals surface area (Å²) in [5, 5.41) is 5.28. The van der Waals surface area contributed by atoms with E-state index in [1.165, 1.54) is 35.4 Å². The molecule has 2 saturated carbocycles. The Balaban J connectivity index is 1.48. The summed E-state index contributed by atoms with van der Waals surface area (Å²) in [5.41, 5.74) is -3.46. The van der Waals surface area contributed by atoms with E-state index in [2.05, 4.69) is 26.9 Å². The van der Waals surface area contributed by atoms with Crippen molar-refractivity contribution in [2.45, 2.75) is 121 Å². The van der Waals surface area contributed by atoms with Crippen LogP contribution >= 0.6 is 0 Å². The van der Waals surface area contributed by atoms with Crippen LogP contribution < -0.4 is 20.1 Å². The first-order chi connectivity index (χ1) is 25.5. The molecule has 17 heteroatoms. The Morgan fingerprint density at radius 3 is 2.31 bits per heavy atom. The number of carbonyl (C=O) groups excluding carboxylic acids is 4. The maximum Gasteiger partial charge on any atom is 0.417 e. The van der Waals surface area contributed by atoms with Crippen molar-refractivity contribution in [3.8, 4) is 5.88 Å². The number of ether oxygens (including phenoxy) is 2. The first-order valence-corrected chi connectivity index (χ1v) is 19.9. The predicted molar refractivity (Wildman–Crippen MR) is 197 cm³/mol. The maximum atomic E-state index is 14.6. The third kappa shape index (κ3) is 8.55. The fourth-order valence-electron chi connectivity index (χ4n) is 7.08. The number of hydrogen-bond acceptors (Lipinski definition) is 9. The molecule has 1 aliphatic heterocycles. The molecule has 2 aromatic rings. The number of carbonyl (C=O) groups is 4. The zero-order chi connectivity index (χ0) is 40.9. The summed E-state index contributed by atoms with van der Waals surface area (Å²) in [5.74, 6) is -3.78. The molecule has 0 radical (unpaired) electrons. The molecule has 3 aliphatic rings. The van der Waals surface area contributed by atoms with E-state index >= 15 is 0 Å². The number of halogens is 3. The number of benzene rings is 1. The van der Waals surface area contributed by atoms with Crippen LogP contribution in [0.4, 0.5) is 18.0 Å². The molecule has 1 unspecified atom stereocenters. The van der Waals surface area contributed by atoms with Crippen LogP contribution in [0.2, 0.25) is 0 Å². The average Bonchev–Trinajstić information content (AvgIpc) is 4.00. The number of nitrogens with one attached hydrogen (secondary N) is 3. The summed E-state index contributed by atoms with van der Waals surface area (Å²) in [6, 6.07) is 2.29. The number of fused-ring (bicyclic) bond motifs is 1. The van der Waals surface area contributed by atoms with Crippen molar-refractivity contribution < 1.29 is 50.2 Å². The van der Waals surface area contributed by atoms with E-state index in [0.29, 0.717) is 19.3 Å². The number of likely N-dealkylation sites (tertiary alicyclic amines) is 1. The third-order valence-corrected chi connectivity index (χ3v) is 13.3. The van der Waals surface area contributed by atoms with E-state index in [0.717, 1.165) is 6.07 Å². The van der Waals surface area contributed by atoms with Gasteiger partial charge in [0.1, 0.15) is 29.3 Å². The molecule has 1 saturated heterocycles. The minimum atomic E-state index is -4.66. The lowest BCUT2D eigenvalue weighted by atomic mass is 9.89. The minimum Gasteiger partial charge on any atom is -0.472 e. The molecule has 6 atom stereocenters. The second-order valence-electron chi connectivity index (χ2n) is 16.2. The summed E-state index contributed by atoms with van der Waals surface area (Å²) < 4.78 is 80.8. The molecule has 3 N–H and O–H groups in total. The van der Waals surface area contributed by atoms with Gasteiger partial charge in [0.2, 0.25) is 27.7 Å². The van der Waals surface area contributed by atoms with Crippen LogP contribution in [0.25, 0.3) is 10.8 Å². The van der Waals surface area contributed by atoms with Crippen LogP contribution in [0.3, 0.4) is 0 Å². The lowest BCUT2D eigenvalue weighted by Crippen LogP contribution is -2.59. The number of rotatable bonds is 13. The minimum absolute atomic E-state index is 0.0536. The van der Waals surface area contributed by atoms with Crippen molar-refractivity contribution in [3.63, 3.8) is 0 Å². The Morgan fingerprint density at radius 1 is 1.09 bits per heavy atom. The topological polar surface area (TPSA) is 173 Å². The van der Waals surface area contributed by atoms with Crippen molar-refractivity contribution in [1.29, 1.82) is 0 Å². The number of hydrogen-bond donors (Lipinski definition) is 3. The monoisotopic (exact) mass is 793 g/mol. The highest BCUT2D eigenvalue weighted by Gasteiger charge is 2.63. The van der Waals surface area contributed by atoms with Crippen LogP contribution in [0.1, 0.15) is 86.1 Å². The largest absolute Gasteiger partial charge is 0.472 e. The fraction of sp³-hybridized carbons (Fsp3) is 0.605. The van der Waals surface area contributed by atoms with Crippen molar-refractivity contribution in [3.05, 3.63) is 48.7 Å². The zero-order valence-corrected chi connectivity index (χ0v) is 32.9. The number of nitrogens with zero attached hydrogens (tertiary/aromatic N) is 2. The standard InChI is InChI=1S/C38H50F3N5O8S/c1-9-23-19-37(23,33(49)45-55(51,52)36(10-2)15-16-36)44-30(47)28-18-24(53-31-26-12-11-13-27(38(39,40)41)25(26)14-17-42-31)20-46(28)32(48)29(22(5)21(3)4)43-34(50)54-35(6,7)8/h9,11-14,17,21-24,28-29H,1,10,15-16,18-20H2,2-8H3,(H,43,50)(H,44,47)(H,45,49)/t22?,23-,24-,28+,29+,37-/m1/s1. The molecule has 0 bridgehead atoms. The molecule has 4 amide bonds. The maximum absolute atomic E-state index is 14.6. The predicted octanol–water partition coefficient (Wildman–Crippen LogP) is 5.24. The summed E-state index contributed by atoms with van der Waals surface area (Å²) in [6.45, 7) is 15.7. The lowest BCUT2D eigenvalue weighted by Gasteiger charge is -2.34. The molecular weight excluding hydrogens is 744 g/mol. The molecular formula is C38H50F3N5O8S. The van der Waals surface area contributed by atoms with Crippen molar-refractivity contribution in [2.24, 2.45) is 17.8 Å². The quantitative estimate of drug-likeness (QED) is 0.230. The number of sulfonamides is 1. The highest BCUT2D eigenvalue weighted by molar-refractivity contribution is 7.91. The normalized spacial score (nSPS) is 24.4. The number of pyridine rings is 1. The summed E-state index contributed by atoms with van der Waals surface area (Å²) in [4.78, 5) is 61.0. The van der Waals surface area contributed by atoms with Crippen molar-refractivity contribution >= 4 is 44.6 Å². The van der Waals surface area contributed by atoms with Crippen LogP contribution in [-0.2, 0) is 35.3 Å². The highest BCUT2D eigenvalue weighted by atomic mass is 32.2. The molecule has 0 spiro atoms. The Morgan fingerprint density at radius 2 is 1.76 bits per heavy atom. The molecule has 55 heavy (non-hydrogen) atoms. The van der Waals surface area contributed by atoms with E-state index in [1.807, 2.05) is 13.8 Å². The van der Waals surface area contributed by atoms with Gasteiger partial charge in [-0.05, 0) is 76.5 Å². The van der Waals surface area contributed by atoms with Gasteiger partial charge >= 0.3 is 12.3 Å². The second-order valence-corrected chi connectivity index (χ2v) is 18.3. The van der Waals surface area contributed by atoms with Crippen LogP contribution in [0.15, 0.2) is 43.1 Å². The van der Waals surface area contributed by atoms with Gasteiger partial charge in [-0.15, -0.1) is 6.58 Å². The summed E-state index contributed by atoms with van der Waals surface area (Å²) in [6.07, 6.45) is -2.94. The van der Waals surface area contributed by atoms with Gasteiger partial charge in [0.15, 0.2) is 0 Å². The van der Waals surface area contributed by atoms with Gasteiger partial charge in [-0.25, -0.2) is 18.2 Å². The Bertz CT molecular complexity index is 1960. The van der Waals surface area contributed by atoms with Crippen molar-refractivity contribution in [2.75, 3.05) is 6.54 Å². The zero-order valence-electron chi connectivity index (χ0n) is 32.1. The van der Waals surface area contributed by atoms with Gasteiger partial charge in [0.25, 0.3) is 5.91 Å². The Kier molecular flexibility index (Phi) is 11.3. The van der Waals surface area contributed by atoms with Crippen LogP contribution in [-0.4, -0.2) is 82.7 Å². The number of alkyl halides is 3. The van der Waals surface area contributed by atoms with Gasteiger partial charge in [0, 0.05) is 29.3 Å². The number of amides is 4. The Hall–Kier alpha value is -4.41. The molecule has 13 nitrogen and oxygen atoms in total. The van der Waals surface area contributed by atoms with E-state index in [9.17, 15) is 40.8 Å². The number of aromatic nitrogens is 1. The van der Waals surface area contributed by atoms with Gasteiger partial charge in [-0.1, -0.05) is 39.8 Å². The van der Waals surface area contributed by atoms with Crippen LogP contribution in [0.5, 0.6) is 5.88 Å². The molecule has 2 aliphatic carbocycles. The molecule has 302 valence electrons. The van der Waals surface area contributed by atoms with E-state index < -0.39 is 91.5 Å². The molecule has 3 fully saturated rings. The molecule has 1 aromatic heterocycles. The first-order valence-electron chi connectivity index (χ1n) is 18.4. The third-order valence-electron chi connectivity index (χ3n) is 11.0. The molecule has 5 rings (SSSR count). The van der Waals surface area contributed by atoms with Crippen molar-refractivity contribution in [1.82, 2.24) is 25.2 Å². The van der Waals surface area contributed by atoms with Crippen LogP contribution in [0, 0.1) is 17.8 Å².